The van der Waals surface area contributed by atoms with E-state index in [1.54, 1.807) is 30.3 Å². The molecule has 0 saturated carbocycles. The summed E-state index contributed by atoms with van der Waals surface area (Å²) in [6, 6.07) is 18.1. The van der Waals surface area contributed by atoms with Crippen molar-refractivity contribution in [3.63, 3.8) is 0 Å². The Labute approximate surface area is 181 Å². The van der Waals surface area contributed by atoms with Crippen molar-refractivity contribution < 1.29 is 9.21 Å². The average molecular weight is 441 g/mol. The highest BCUT2D eigenvalue weighted by Gasteiger charge is 2.11. The zero-order valence-corrected chi connectivity index (χ0v) is 16.9. The van der Waals surface area contributed by atoms with Crippen LogP contribution in [0.4, 0.5) is 0 Å². The Morgan fingerprint density at radius 2 is 1.93 bits per heavy atom. The third kappa shape index (κ3) is 4.56. The minimum absolute atomic E-state index is 0.126. The largest absolute Gasteiger partial charge is 0.455 e. The normalized spacial score (nSPS) is 11.1. The molecule has 0 radical (unpaired) electrons. The van der Waals surface area contributed by atoms with Crippen LogP contribution in [0.3, 0.4) is 0 Å². The van der Waals surface area contributed by atoms with Gasteiger partial charge in [0.1, 0.15) is 18.1 Å². The summed E-state index contributed by atoms with van der Waals surface area (Å²) in [5.74, 6) is 1.00. The van der Waals surface area contributed by atoms with E-state index in [-0.39, 0.29) is 6.54 Å². The first-order valence-electron chi connectivity index (χ1n) is 8.79. The van der Waals surface area contributed by atoms with Gasteiger partial charge < -0.3 is 4.42 Å². The third-order valence-electron chi connectivity index (χ3n) is 3.99. The van der Waals surface area contributed by atoms with Crippen molar-refractivity contribution in [1.82, 2.24) is 25.6 Å². The quantitative estimate of drug-likeness (QED) is 0.360. The van der Waals surface area contributed by atoms with Crippen LogP contribution < -0.4 is 5.43 Å². The smallest absolute Gasteiger partial charge is 0.263 e. The lowest BCUT2D eigenvalue weighted by Crippen LogP contribution is -2.24. The second kappa shape index (κ2) is 8.89. The fourth-order valence-electron chi connectivity index (χ4n) is 2.61. The molecule has 0 bridgehead atoms. The first kappa shape index (κ1) is 19.8. The molecule has 0 aliphatic rings. The van der Waals surface area contributed by atoms with Crippen LogP contribution in [0, 0.1) is 0 Å². The highest BCUT2D eigenvalue weighted by Crippen LogP contribution is 2.34. The Morgan fingerprint density at radius 1 is 1.10 bits per heavy atom. The van der Waals surface area contributed by atoms with Gasteiger partial charge >= 0.3 is 0 Å². The molecule has 150 valence electrons. The first-order valence-corrected chi connectivity index (χ1v) is 9.55. The van der Waals surface area contributed by atoms with Crippen molar-refractivity contribution in [2.75, 3.05) is 0 Å². The number of halogens is 2. The lowest BCUT2D eigenvalue weighted by Gasteiger charge is -2.01. The minimum Gasteiger partial charge on any atom is -0.455 e. The van der Waals surface area contributed by atoms with E-state index in [0.717, 1.165) is 5.56 Å². The third-order valence-corrected chi connectivity index (χ3v) is 4.81. The van der Waals surface area contributed by atoms with E-state index in [1.165, 1.54) is 11.0 Å². The molecule has 30 heavy (non-hydrogen) atoms. The Morgan fingerprint density at radius 3 is 2.77 bits per heavy atom. The first-order chi connectivity index (χ1) is 14.6. The van der Waals surface area contributed by atoms with Gasteiger partial charge in [0.15, 0.2) is 0 Å². The lowest BCUT2D eigenvalue weighted by atomic mass is 10.2. The van der Waals surface area contributed by atoms with Crippen LogP contribution in [0.2, 0.25) is 10.0 Å². The van der Waals surface area contributed by atoms with E-state index in [4.69, 9.17) is 27.6 Å². The molecule has 0 unspecified atom stereocenters. The summed E-state index contributed by atoms with van der Waals surface area (Å²) in [6.07, 6.45) is 1.38. The molecule has 10 heteroatoms. The van der Waals surface area contributed by atoms with Gasteiger partial charge in [0, 0.05) is 11.1 Å². The Bertz CT molecular complexity index is 1200. The second-order valence-corrected chi connectivity index (χ2v) is 6.89. The molecule has 0 spiro atoms. The molecule has 4 aromatic rings. The summed E-state index contributed by atoms with van der Waals surface area (Å²) in [4.78, 5) is 13.2. The van der Waals surface area contributed by atoms with E-state index in [1.807, 2.05) is 30.3 Å². The molecule has 0 saturated heterocycles. The van der Waals surface area contributed by atoms with E-state index < -0.39 is 5.91 Å². The molecule has 2 heterocycles. The van der Waals surface area contributed by atoms with Gasteiger partial charge in [-0.25, -0.2) is 5.43 Å². The fourth-order valence-corrected chi connectivity index (χ4v) is 3.00. The van der Waals surface area contributed by atoms with Crippen LogP contribution in [-0.2, 0) is 11.3 Å². The highest BCUT2D eigenvalue weighted by molar-refractivity contribution is 6.43. The zero-order valence-electron chi connectivity index (χ0n) is 15.4. The summed E-state index contributed by atoms with van der Waals surface area (Å²) in [5, 5.41) is 16.7. The van der Waals surface area contributed by atoms with Crippen molar-refractivity contribution in [3.8, 4) is 22.7 Å². The molecule has 0 fully saturated rings. The van der Waals surface area contributed by atoms with Crippen LogP contribution in [0.1, 0.15) is 5.76 Å². The summed E-state index contributed by atoms with van der Waals surface area (Å²) in [5.41, 5.74) is 3.87. The number of nitrogens with one attached hydrogen (secondary N) is 1. The maximum absolute atomic E-state index is 12.0. The lowest BCUT2D eigenvalue weighted by molar-refractivity contribution is -0.122. The number of hydrazone groups is 1. The zero-order chi connectivity index (χ0) is 20.9. The number of hydrogen-bond acceptors (Lipinski definition) is 6. The van der Waals surface area contributed by atoms with E-state index >= 15 is 0 Å². The topological polar surface area (TPSA) is 98.2 Å². The number of aromatic nitrogens is 4. The molecule has 0 aliphatic carbocycles. The molecule has 4 rings (SSSR count). The van der Waals surface area contributed by atoms with Gasteiger partial charge in [-0.1, -0.05) is 59.6 Å². The van der Waals surface area contributed by atoms with Gasteiger partial charge in [0.2, 0.25) is 5.82 Å². The molecular weight excluding hydrogens is 427 g/mol. The van der Waals surface area contributed by atoms with Gasteiger partial charge in [-0.15, -0.1) is 10.2 Å². The predicted molar refractivity (Wildman–Crippen MR) is 113 cm³/mol. The Balaban J connectivity index is 1.35. The van der Waals surface area contributed by atoms with Gasteiger partial charge in [0.05, 0.1) is 16.3 Å². The summed E-state index contributed by atoms with van der Waals surface area (Å²) in [6.45, 7) is -0.126. The Hall–Kier alpha value is -3.49. The number of amides is 1. The van der Waals surface area contributed by atoms with Gasteiger partial charge in [-0.3, -0.25) is 4.79 Å². The van der Waals surface area contributed by atoms with Gasteiger partial charge in [-0.2, -0.15) is 9.90 Å². The van der Waals surface area contributed by atoms with Crippen molar-refractivity contribution in [2.45, 2.75) is 6.54 Å². The van der Waals surface area contributed by atoms with E-state index in [9.17, 15) is 4.79 Å². The number of benzene rings is 2. The summed E-state index contributed by atoms with van der Waals surface area (Å²) in [7, 11) is 0. The number of hydrogen-bond donors (Lipinski definition) is 1. The number of rotatable bonds is 6. The second-order valence-electron chi connectivity index (χ2n) is 6.11. The molecule has 0 atom stereocenters. The Kier molecular flexibility index (Phi) is 5.87. The molecule has 1 amide bonds. The van der Waals surface area contributed by atoms with Gasteiger partial charge in [0.25, 0.3) is 5.91 Å². The molecule has 0 aliphatic heterocycles. The van der Waals surface area contributed by atoms with Crippen molar-refractivity contribution in [2.24, 2.45) is 5.10 Å². The van der Waals surface area contributed by atoms with Crippen LogP contribution in [-0.4, -0.2) is 32.3 Å². The molecule has 2 aromatic heterocycles. The van der Waals surface area contributed by atoms with Crippen molar-refractivity contribution in [1.29, 1.82) is 0 Å². The summed E-state index contributed by atoms with van der Waals surface area (Å²) >= 11 is 12.2. The highest BCUT2D eigenvalue weighted by atomic mass is 35.5. The summed E-state index contributed by atoms with van der Waals surface area (Å²) < 4.78 is 5.67. The number of carbonyl (C=O) groups excluding carboxylic acids is 1. The number of furan rings is 1. The van der Waals surface area contributed by atoms with Gasteiger partial charge in [-0.05, 0) is 29.5 Å². The standard InChI is InChI=1S/C20H14Cl2N6O2/c21-16-8-4-7-15(19(16)22)17-10-9-14(30-17)11-23-24-18(29)12-28-26-20(25-27-28)13-5-2-1-3-6-13/h1-11H,12H2,(H,24,29)/b23-11+. The molecular formula is C20H14Cl2N6O2. The monoisotopic (exact) mass is 440 g/mol. The van der Waals surface area contributed by atoms with E-state index in [0.29, 0.717) is 33.0 Å². The van der Waals surface area contributed by atoms with E-state index in [2.05, 4.69) is 25.9 Å². The fraction of sp³-hybridized carbons (Fsp3) is 0.0500. The van der Waals surface area contributed by atoms with Crippen LogP contribution in [0.5, 0.6) is 0 Å². The molecule has 2 aromatic carbocycles. The van der Waals surface area contributed by atoms with Crippen LogP contribution >= 0.6 is 23.2 Å². The van der Waals surface area contributed by atoms with Crippen molar-refractivity contribution >= 4 is 35.3 Å². The average Bonchev–Trinajstić information content (AvgIpc) is 3.41. The number of carbonyl (C=O) groups is 1. The molecule has 8 nitrogen and oxygen atoms in total. The van der Waals surface area contributed by atoms with Crippen LogP contribution in [0.25, 0.3) is 22.7 Å². The SMILES string of the molecule is O=C(Cn1nnc(-c2ccccc2)n1)N/N=C/c1ccc(-c2cccc(Cl)c2Cl)o1. The number of nitrogens with zero attached hydrogens (tertiary/aromatic N) is 5. The molecule has 1 N–H and O–H groups in total. The minimum atomic E-state index is -0.409. The predicted octanol–water partition coefficient (Wildman–Crippen LogP) is 4.06. The maximum Gasteiger partial charge on any atom is 0.263 e. The number of tetrazole rings is 1. The van der Waals surface area contributed by atoms with Crippen molar-refractivity contribution in [3.05, 3.63) is 76.5 Å². The van der Waals surface area contributed by atoms with Crippen LogP contribution in [0.15, 0.2) is 70.2 Å². The maximum atomic E-state index is 12.0.